The minimum absolute atomic E-state index is 0. The Morgan fingerprint density at radius 2 is 2.23 bits per heavy atom. The lowest BCUT2D eigenvalue weighted by Crippen LogP contribution is -2.39. The average Bonchev–Trinajstić information content (AvgIpc) is 3.34. The van der Waals surface area contributed by atoms with Gasteiger partial charge in [-0.1, -0.05) is 6.07 Å². The zero-order valence-electron chi connectivity index (χ0n) is 15.3. The van der Waals surface area contributed by atoms with E-state index >= 15 is 0 Å². The predicted molar refractivity (Wildman–Crippen MR) is 121 cm³/mol. The molecule has 142 valence electrons. The Bertz CT molecular complexity index is 693. The van der Waals surface area contributed by atoms with Crippen molar-refractivity contribution in [3.05, 3.63) is 46.7 Å². The summed E-state index contributed by atoms with van der Waals surface area (Å²) in [6, 6.07) is 10.4. The second kappa shape index (κ2) is 10.6. The molecule has 26 heavy (non-hydrogen) atoms. The minimum Gasteiger partial charge on any atom is -0.497 e. The van der Waals surface area contributed by atoms with E-state index in [0.29, 0.717) is 5.92 Å². The number of thiophene rings is 1. The lowest BCUT2D eigenvalue weighted by molar-refractivity contribution is 0.415. The lowest BCUT2D eigenvalue weighted by atomic mass is 10.1. The van der Waals surface area contributed by atoms with Crippen LogP contribution in [-0.4, -0.2) is 39.8 Å². The molecule has 1 aliphatic rings. The Kier molecular flexibility index (Phi) is 8.50. The number of anilines is 1. The molecule has 5 nitrogen and oxygen atoms in total. The van der Waals surface area contributed by atoms with E-state index in [9.17, 15) is 0 Å². The maximum absolute atomic E-state index is 5.33. The summed E-state index contributed by atoms with van der Waals surface area (Å²) in [5, 5.41) is 11.1. The van der Waals surface area contributed by atoms with Crippen LogP contribution < -0.4 is 20.3 Å². The third-order valence-corrected chi connectivity index (χ3v) is 5.26. The van der Waals surface area contributed by atoms with Crippen molar-refractivity contribution in [1.82, 2.24) is 10.6 Å². The number of halogens is 1. The normalized spacial score (nSPS) is 16.9. The topological polar surface area (TPSA) is 48.9 Å². The quantitative estimate of drug-likeness (QED) is 0.373. The zero-order valence-corrected chi connectivity index (χ0v) is 18.4. The summed E-state index contributed by atoms with van der Waals surface area (Å²) in [6.07, 6.45) is 1.19. The van der Waals surface area contributed by atoms with Gasteiger partial charge in [-0.25, -0.2) is 0 Å². The monoisotopic (exact) mass is 486 g/mol. The number of rotatable bonds is 6. The van der Waals surface area contributed by atoms with E-state index in [1.165, 1.54) is 17.7 Å². The summed E-state index contributed by atoms with van der Waals surface area (Å²) >= 11 is 1.72. The molecule has 2 heterocycles. The predicted octanol–water partition coefficient (Wildman–Crippen LogP) is 3.57. The van der Waals surface area contributed by atoms with Crippen molar-refractivity contribution >= 4 is 47.0 Å². The standard InChI is InChI=1S/C19H26N4OS.HI/c1-20-19(22-12-16-7-9-25-14-16)21-11-15-6-8-23(13-15)17-4-3-5-18(10-17)24-2;/h3-5,7,9-10,14-15H,6,8,11-13H2,1-2H3,(H2,20,21,22);1H. The first-order chi connectivity index (χ1) is 12.3. The number of hydrogen-bond acceptors (Lipinski definition) is 4. The number of aliphatic imine (C=N–C) groups is 1. The van der Waals surface area contributed by atoms with E-state index < -0.39 is 0 Å². The maximum Gasteiger partial charge on any atom is 0.191 e. The molecule has 7 heteroatoms. The van der Waals surface area contributed by atoms with Gasteiger partial charge in [-0.05, 0) is 46.9 Å². The van der Waals surface area contributed by atoms with Gasteiger partial charge in [0.25, 0.3) is 0 Å². The van der Waals surface area contributed by atoms with Gasteiger partial charge >= 0.3 is 0 Å². The van der Waals surface area contributed by atoms with Gasteiger partial charge in [0, 0.05) is 45.0 Å². The van der Waals surface area contributed by atoms with Gasteiger partial charge in [0.2, 0.25) is 0 Å². The second-order valence-electron chi connectivity index (χ2n) is 6.24. The van der Waals surface area contributed by atoms with Gasteiger partial charge in [0.1, 0.15) is 5.75 Å². The number of ether oxygens (including phenoxy) is 1. The van der Waals surface area contributed by atoms with Crippen molar-refractivity contribution in [1.29, 1.82) is 0 Å². The first kappa shape index (κ1) is 20.8. The molecule has 1 aromatic carbocycles. The third-order valence-electron chi connectivity index (χ3n) is 4.53. The van der Waals surface area contributed by atoms with Crippen LogP contribution in [0.15, 0.2) is 46.1 Å². The Morgan fingerprint density at radius 3 is 2.96 bits per heavy atom. The molecular formula is C19H27IN4OS. The Hall–Kier alpha value is -1.48. The SMILES string of the molecule is CN=C(NCc1ccsc1)NCC1CCN(c2cccc(OC)c2)C1.I. The molecule has 0 radical (unpaired) electrons. The van der Waals surface area contributed by atoms with Crippen LogP contribution in [0, 0.1) is 5.92 Å². The summed E-state index contributed by atoms with van der Waals surface area (Å²) in [7, 11) is 3.53. The molecule has 1 saturated heterocycles. The number of hydrogen-bond donors (Lipinski definition) is 2. The molecule has 1 aliphatic heterocycles. The van der Waals surface area contributed by atoms with Crippen molar-refractivity contribution in [2.45, 2.75) is 13.0 Å². The number of guanidine groups is 1. The first-order valence-corrected chi connectivity index (χ1v) is 9.57. The minimum atomic E-state index is 0. The van der Waals surface area contributed by atoms with Crippen LogP contribution in [0.4, 0.5) is 5.69 Å². The highest BCUT2D eigenvalue weighted by molar-refractivity contribution is 14.0. The fourth-order valence-corrected chi connectivity index (χ4v) is 3.75. The molecule has 0 aliphatic carbocycles. The molecule has 1 atom stereocenters. The highest BCUT2D eigenvalue weighted by atomic mass is 127. The molecule has 3 rings (SSSR count). The van der Waals surface area contributed by atoms with Crippen LogP contribution in [0.25, 0.3) is 0 Å². The van der Waals surface area contributed by atoms with Crippen molar-refractivity contribution in [3.8, 4) is 5.75 Å². The summed E-state index contributed by atoms with van der Waals surface area (Å²) < 4.78 is 5.33. The fourth-order valence-electron chi connectivity index (χ4n) is 3.08. The molecule has 0 bridgehead atoms. The molecule has 1 unspecified atom stereocenters. The molecule has 0 spiro atoms. The molecular weight excluding hydrogens is 459 g/mol. The van der Waals surface area contributed by atoms with E-state index in [2.05, 4.69) is 55.6 Å². The highest BCUT2D eigenvalue weighted by Crippen LogP contribution is 2.26. The smallest absolute Gasteiger partial charge is 0.191 e. The Labute approximate surface area is 176 Å². The van der Waals surface area contributed by atoms with Gasteiger partial charge in [-0.2, -0.15) is 11.3 Å². The number of nitrogens with one attached hydrogen (secondary N) is 2. The Morgan fingerprint density at radius 1 is 1.35 bits per heavy atom. The van der Waals surface area contributed by atoms with Crippen LogP contribution >= 0.6 is 35.3 Å². The van der Waals surface area contributed by atoms with Crippen LogP contribution in [0.2, 0.25) is 0 Å². The largest absolute Gasteiger partial charge is 0.497 e. The van der Waals surface area contributed by atoms with E-state index in [-0.39, 0.29) is 24.0 Å². The molecule has 0 saturated carbocycles. The summed E-state index contributed by atoms with van der Waals surface area (Å²) in [4.78, 5) is 6.74. The van der Waals surface area contributed by atoms with Crippen molar-refractivity contribution in [2.75, 3.05) is 38.7 Å². The van der Waals surface area contributed by atoms with Gasteiger partial charge < -0.3 is 20.3 Å². The van der Waals surface area contributed by atoms with E-state index in [1.54, 1.807) is 18.4 Å². The van der Waals surface area contributed by atoms with Crippen LogP contribution in [0.3, 0.4) is 0 Å². The molecule has 2 aromatic rings. The average molecular weight is 486 g/mol. The van der Waals surface area contributed by atoms with Crippen LogP contribution in [-0.2, 0) is 6.54 Å². The number of nitrogens with zero attached hydrogens (tertiary/aromatic N) is 2. The number of methoxy groups -OCH3 is 1. The Balaban J connectivity index is 0.00000243. The summed E-state index contributed by atoms with van der Waals surface area (Å²) in [5.74, 6) is 2.40. The molecule has 2 N–H and O–H groups in total. The maximum atomic E-state index is 5.33. The van der Waals surface area contributed by atoms with E-state index in [4.69, 9.17) is 4.74 Å². The van der Waals surface area contributed by atoms with Crippen molar-refractivity contribution in [2.24, 2.45) is 10.9 Å². The van der Waals surface area contributed by atoms with Gasteiger partial charge in [-0.3, -0.25) is 4.99 Å². The fraction of sp³-hybridized carbons (Fsp3) is 0.421. The second-order valence-corrected chi connectivity index (χ2v) is 7.02. The third kappa shape index (κ3) is 5.77. The van der Waals surface area contributed by atoms with Gasteiger partial charge in [0.05, 0.1) is 7.11 Å². The summed E-state index contributed by atoms with van der Waals surface area (Å²) in [5.41, 5.74) is 2.53. The summed E-state index contributed by atoms with van der Waals surface area (Å²) in [6.45, 7) is 3.88. The van der Waals surface area contributed by atoms with Gasteiger partial charge in [0.15, 0.2) is 5.96 Å². The highest BCUT2D eigenvalue weighted by Gasteiger charge is 2.23. The molecule has 1 fully saturated rings. The van der Waals surface area contributed by atoms with Crippen LogP contribution in [0.1, 0.15) is 12.0 Å². The van der Waals surface area contributed by atoms with E-state index in [0.717, 1.165) is 37.9 Å². The first-order valence-electron chi connectivity index (χ1n) is 8.63. The van der Waals surface area contributed by atoms with Crippen molar-refractivity contribution < 1.29 is 4.74 Å². The van der Waals surface area contributed by atoms with Crippen LogP contribution in [0.5, 0.6) is 5.75 Å². The zero-order chi connectivity index (χ0) is 17.5. The lowest BCUT2D eigenvalue weighted by Gasteiger charge is -2.20. The van der Waals surface area contributed by atoms with Gasteiger partial charge in [-0.15, -0.1) is 24.0 Å². The number of benzene rings is 1. The molecule has 1 aromatic heterocycles. The van der Waals surface area contributed by atoms with E-state index in [1.807, 2.05) is 13.1 Å². The molecule has 0 amide bonds. The van der Waals surface area contributed by atoms with Crippen molar-refractivity contribution in [3.63, 3.8) is 0 Å².